The van der Waals surface area contributed by atoms with E-state index in [4.69, 9.17) is 10.5 Å². The maximum atomic E-state index is 12.3. The zero-order valence-electron chi connectivity index (χ0n) is 16.0. The van der Waals surface area contributed by atoms with E-state index in [9.17, 15) is 23.4 Å². The van der Waals surface area contributed by atoms with Gasteiger partial charge in [-0.25, -0.2) is 14.6 Å². The van der Waals surface area contributed by atoms with E-state index >= 15 is 0 Å². The number of ether oxygens (including phenoxy) is 2. The van der Waals surface area contributed by atoms with Gasteiger partial charge in [0.25, 0.3) is 0 Å². The molecule has 0 unspecified atom stereocenters. The number of nitrogen functional groups attached to an aromatic ring is 1. The lowest BCUT2D eigenvalue weighted by molar-refractivity contribution is -0.274. The lowest BCUT2D eigenvalue weighted by Crippen LogP contribution is -2.30. The molecule has 31 heavy (non-hydrogen) atoms. The Bertz CT molecular complexity index is 1080. The fourth-order valence-electron chi connectivity index (χ4n) is 3.21. The summed E-state index contributed by atoms with van der Waals surface area (Å²) in [4.78, 5) is 8.17. The molecule has 1 aliphatic heterocycles. The third kappa shape index (κ3) is 4.39. The number of aromatic nitrogens is 4. The molecule has 2 aromatic heterocycles. The van der Waals surface area contributed by atoms with E-state index in [2.05, 4.69) is 19.8 Å². The Morgan fingerprint density at radius 1 is 1.19 bits per heavy atom. The van der Waals surface area contributed by atoms with Gasteiger partial charge in [-0.15, -0.1) is 13.2 Å². The van der Waals surface area contributed by atoms with Crippen LogP contribution in [0.2, 0.25) is 0 Å². The molecule has 1 saturated heterocycles. The smallest absolute Gasteiger partial charge is 0.406 e. The highest BCUT2D eigenvalue weighted by atomic mass is 32.2. The summed E-state index contributed by atoms with van der Waals surface area (Å²) in [6, 6.07) is 5.47. The summed E-state index contributed by atoms with van der Waals surface area (Å²) in [5.41, 5.74) is 7.06. The molecule has 1 aliphatic rings. The molecule has 3 aromatic rings. The van der Waals surface area contributed by atoms with Crippen LogP contribution in [-0.2, 0) is 10.5 Å². The molecule has 4 rings (SSSR count). The van der Waals surface area contributed by atoms with Gasteiger partial charge in [-0.3, -0.25) is 0 Å². The second-order valence-corrected chi connectivity index (χ2v) is 7.86. The zero-order valence-corrected chi connectivity index (χ0v) is 16.8. The average Bonchev–Trinajstić information content (AvgIpc) is 3.20. The number of hydrogen-bond acceptors (Lipinski definition) is 9. The van der Waals surface area contributed by atoms with Gasteiger partial charge in [0.2, 0.25) is 0 Å². The van der Waals surface area contributed by atoms with Crippen LogP contribution in [0.25, 0.3) is 11.0 Å². The molecule has 0 spiro atoms. The highest BCUT2D eigenvalue weighted by Crippen LogP contribution is 2.37. The summed E-state index contributed by atoms with van der Waals surface area (Å²) in [5, 5.41) is 25.7. The van der Waals surface area contributed by atoms with E-state index in [1.54, 1.807) is 6.92 Å². The average molecular weight is 457 g/mol. The van der Waals surface area contributed by atoms with Gasteiger partial charge in [-0.05, 0) is 24.6 Å². The molecule has 3 heterocycles. The van der Waals surface area contributed by atoms with Crippen molar-refractivity contribution in [3.8, 4) is 5.75 Å². The van der Waals surface area contributed by atoms with Crippen molar-refractivity contribution in [3.63, 3.8) is 0 Å². The molecule has 0 aliphatic carbocycles. The van der Waals surface area contributed by atoms with Crippen molar-refractivity contribution >= 4 is 28.6 Å². The molecule has 0 amide bonds. The highest BCUT2D eigenvalue weighted by molar-refractivity contribution is 7.98. The van der Waals surface area contributed by atoms with Crippen molar-refractivity contribution in [1.82, 2.24) is 19.7 Å². The number of hydrogen-bond donors (Lipinski definition) is 3. The minimum Gasteiger partial charge on any atom is -0.406 e. The van der Waals surface area contributed by atoms with Crippen molar-refractivity contribution < 1.29 is 32.9 Å². The van der Waals surface area contributed by atoms with E-state index in [0.717, 1.165) is 5.56 Å². The summed E-state index contributed by atoms with van der Waals surface area (Å²) < 4.78 is 47.8. The van der Waals surface area contributed by atoms with Crippen molar-refractivity contribution in [1.29, 1.82) is 0 Å². The van der Waals surface area contributed by atoms with Crippen LogP contribution in [0.3, 0.4) is 0 Å². The number of nitrogens with zero attached hydrogens (tertiary/aromatic N) is 4. The Morgan fingerprint density at radius 2 is 1.90 bits per heavy atom. The molecule has 1 aromatic carbocycles. The van der Waals surface area contributed by atoms with Crippen molar-refractivity contribution in [2.24, 2.45) is 0 Å². The van der Waals surface area contributed by atoms with Crippen LogP contribution in [0.1, 0.15) is 18.7 Å². The van der Waals surface area contributed by atoms with E-state index in [1.165, 1.54) is 47.0 Å². The summed E-state index contributed by atoms with van der Waals surface area (Å²) in [7, 11) is 0. The number of aliphatic hydroxyl groups excluding tert-OH is 2. The maximum absolute atomic E-state index is 12.3. The second-order valence-electron chi connectivity index (χ2n) is 6.90. The minimum absolute atomic E-state index is 0.175. The molecule has 166 valence electrons. The van der Waals surface area contributed by atoms with E-state index in [-0.39, 0.29) is 11.6 Å². The van der Waals surface area contributed by atoms with E-state index < -0.39 is 30.9 Å². The van der Waals surface area contributed by atoms with Gasteiger partial charge < -0.3 is 25.4 Å². The third-order valence-corrected chi connectivity index (χ3v) is 5.77. The summed E-state index contributed by atoms with van der Waals surface area (Å²) in [5.74, 6) is 0.224. The number of fused-ring (bicyclic) bond motifs is 1. The predicted molar refractivity (Wildman–Crippen MR) is 104 cm³/mol. The Morgan fingerprint density at radius 3 is 2.52 bits per heavy atom. The molecule has 9 nitrogen and oxygen atoms in total. The van der Waals surface area contributed by atoms with Crippen LogP contribution in [0.4, 0.5) is 19.0 Å². The SMILES string of the molecule is C[C@H]1O[C@@H](n2nc(SCc3ccc(OC(F)(F)F)cc3)c3c(N)ncnc32)[C@H](O)[C@@H]1O. The quantitative estimate of drug-likeness (QED) is 0.494. The number of aliphatic hydroxyl groups is 2. The van der Waals surface area contributed by atoms with Crippen LogP contribution in [-0.4, -0.2) is 54.6 Å². The molecule has 4 atom stereocenters. The van der Waals surface area contributed by atoms with Gasteiger partial charge in [-0.2, -0.15) is 5.10 Å². The summed E-state index contributed by atoms with van der Waals surface area (Å²) in [6.07, 6.45) is -7.37. The first-order chi connectivity index (χ1) is 14.6. The molecule has 4 N–H and O–H groups in total. The third-order valence-electron chi connectivity index (χ3n) is 4.74. The molecule has 13 heteroatoms. The highest BCUT2D eigenvalue weighted by Gasteiger charge is 2.43. The number of nitrogens with two attached hydrogens (primary N) is 1. The molecular formula is C18H18F3N5O4S. The second kappa shape index (κ2) is 8.15. The Kier molecular flexibility index (Phi) is 5.68. The summed E-state index contributed by atoms with van der Waals surface area (Å²) >= 11 is 1.26. The monoisotopic (exact) mass is 457 g/mol. The zero-order chi connectivity index (χ0) is 22.3. The van der Waals surface area contributed by atoms with Crippen LogP contribution in [0.5, 0.6) is 5.75 Å². The number of thioether (sulfide) groups is 1. The standard InChI is InChI=1S/C18H18F3N5O4S/c1-8-12(27)13(28)17(29-8)26-15-11(14(22)23-7-24-15)16(25-26)31-6-9-2-4-10(5-3-9)30-18(19,20)21/h2-5,7-8,12-13,17,27-28H,6H2,1H3,(H2,22,23,24)/t8-,12-,13-,17-/m1/s1. The summed E-state index contributed by atoms with van der Waals surface area (Å²) in [6.45, 7) is 1.63. The van der Waals surface area contributed by atoms with Gasteiger partial charge in [0.1, 0.15) is 35.1 Å². The van der Waals surface area contributed by atoms with Crippen LogP contribution in [0, 0.1) is 0 Å². The first-order valence-electron chi connectivity index (χ1n) is 9.12. The fraction of sp³-hybridized carbons (Fsp3) is 0.389. The molecule has 0 saturated carbocycles. The van der Waals surface area contributed by atoms with Crippen LogP contribution < -0.4 is 10.5 Å². The number of rotatable bonds is 5. The Labute approximate surface area is 178 Å². The number of benzene rings is 1. The molecule has 1 fully saturated rings. The Balaban J connectivity index is 1.58. The van der Waals surface area contributed by atoms with E-state index in [1.807, 2.05) is 0 Å². The lowest BCUT2D eigenvalue weighted by atomic mass is 10.1. The minimum atomic E-state index is -4.75. The fourth-order valence-corrected chi connectivity index (χ4v) is 4.19. The normalized spacial score (nSPS) is 24.1. The van der Waals surface area contributed by atoms with Crippen LogP contribution >= 0.6 is 11.8 Å². The Hall–Kier alpha value is -2.61. The van der Waals surface area contributed by atoms with Crippen molar-refractivity contribution in [3.05, 3.63) is 36.2 Å². The number of anilines is 1. The molecule has 0 radical (unpaired) electrons. The largest absolute Gasteiger partial charge is 0.573 e. The number of halogens is 3. The molecule has 0 bridgehead atoms. The van der Waals surface area contributed by atoms with Crippen molar-refractivity contribution in [2.75, 3.05) is 5.73 Å². The van der Waals surface area contributed by atoms with Gasteiger partial charge in [-0.1, -0.05) is 23.9 Å². The number of alkyl halides is 3. The van der Waals surface area contributed by atoms with Crippen LogP contribution in [0.15, 0.2) is 35.6 Å². The lowest BCUT2D eigenvalue weighted by Gasteiger charge is -2.15. The predicted octanol–water partition coefficient (Wildman–Crippen LogP) is 2.24. The van der Waals surface area contributed by atoms with Crippen molar-refractivity contribution in [2.45, 2.75) is 48.6 Å². The van der Waals surface area contributed by atoms with Gasteiger partial charge in [0, 0.05) is 5.75 Å². The first kappa shape index (κ1) is 21.6. The maximum Gasteiger partial charge on any atom is 0.573 e. The topological polar surface area (TPSA) is 129 Å². The van der Waals surface area contributed by atoms with E-state index in [0.29, 0.717) is 21.8 Å². The van der Waals surface area contributed by atoms with Gasteiger partial charge in [0.05, 0.1) is 11.5 Å². The molecular weight excluding hydrogens is 439 g/mol. The first-order valence-corrected chi connectivity index (χ1v) is 10.1. The van der Waals surface area contributed by atoms with Gasteiger partial charge >= 0.3 is 6.36 Å². The van der Waals surface area contributed by atoms with Gasteiger partial charge in [0.15, 0.2) is 11.9 Å².